The number of nitrogens with one attached hydrogen (secondary N) is 1. The fourth-order valence-corrected chi connectivity index (χ4v) is 6.04. The predicted octanol–water partition coefficient (Wildman–Crippen LogP) is 3.49. The summed E-state index contributed by atoms with van der Waals surface area (Å²) in [6.07, 6.45) is -4.29. The van der Waals surface area contributed by atoms with Crippen molar-refractivity contribution in [1.82, 2.24) is 9.03 Å². The van der Waals surface area contributed by atoms with Gasteiger partial charge in [0.05, 0.1) is 15.4 Å². The largest absolute Gasteiger partial charge is 0.416 e. The molecule has 0 bridgehead atoms. The fraction of sp³-hybridized carbons (Fsp3) is 0.333. The molecule has 0 amide bonds. The third-order valence-corrected chi connectivity index (χ3v) is 8.38. The zero-order valence-electron chi connectivity index (χ0n) is 15.4. The van der Waals surface area contributed by atoms with Crippen LogP contribution in [0.2, 0.25) is 5.02 Å². The van der Waals surface area contributed by atoms with E-state index >= 15 is 0 Å². The Morgan fingerprint density at radius 2 is 1.53 bits per heavy atom. The first-order valence-corrected chi connectivity index (χ1v) is 12.1. The van der Waals surface area contributed by atoms with Crippen molar-refractivity contribution >= 4 is 31.6 Å². The lowest BCUT2D eigenvalue weighted by Crippen LogP contribution is -2.46. The van der Waals surface area contributed by atoms with Gasteiger partial charge >= 0.3 is 6.18 Å². The Kier molecular flexibility index (Phi) is 6.49. The molecule has 1 N–H and O–H groups in total. The van der Waals surface area contributed by atoms with Crippen LogP contribution in [-0.2, 0) is 26.2 Å². The molecule has 1 aliphatic rings. The van der Waals surface area contributed by atoms with E-state index in [1.54, 1.807) is 0 Å². The average molecular weight is 483 g/mol. The molecule has 30 heavy (non-hydrogen) atoms. The first-order chi connectivity index (χ1) is 13.9. The minimum absolute atomic E-state index is 0.0702. The monoisotopic (exact) mass is 482 g/mol. The molecular weight excluding hydrogens is 465 g/mol. The smallest absolute Gasteiger partial charge is 0.208 e. The van der Waals surface area contributed by atoms with Crippen molar-refractivity contribution in [3.05, 3.63) is 59.1 Å². The van der Waals surface area contributed by atoms with Crippen LogP contribution in [-0.4, -0.2) is 40.3 Å². The van der Waals surface area contributed by atoms with Crippen molar-refractivity contribution < 1.29 is 30.0 Å². The number of alkyl halides is 3. The van der Waals surface area contributed by atoms with Gasteiger partial charge in [-0.2, -0.15) is 17.5 Å². The number of benzene rings is 2. The molecule has 0 aromatic heterocycles. The van der Waals surface area contributed by atoms with Gasteiger partial charge in [-0.1, -0.05) is 17.7 Å². The molecule has 2 aromatic rings. The molecule has 164 valence electrons. The van der Waals surface area contributed by atoms with E-state index in [9.17, 15) is 30.0 Å². The van der Waals surface area contributed by atoms with Gasteiger partial charge in [-0.3, -0.25) is 0 Å². The topological polar surface area (TPSA) is 83.6 Å². The van der Waals surface area contributed by atoms with Gasteiger partial charge in [-0.05, 0) is 55.3 Å². The molecule has 1 saturated heterocycles. The van der Waals surface area contributed by atoms with E-state index < -0.39 is 42.7 Å². The van der Waals surface area contributed by atoms with Crippen molar-refractivity contribution in [2.75, 3.05) is 13.1 Å². The second-order valence-corrected chi connectivity index (χ2v) is 10.9. The molecule has 12 heteroatoms. The van der Waals surface area contributed by atoms with Crippen molar-refractivity contribution in [2.24, 2.45) is 0 Å². The zero-order valence-corrected chi connectivity index (χ0v) is 17.8. The summed E-state index contributed by atoms with van der Waals surface area (Å²) in [6.45, 7) is 0.140. The maximum Gasteiger partial charge on any atom is 0.416 e. The van der Waals surface area contributed by atoms with Crippen LogP contribution in [0, 0.1) is 0 Å². The lowest BCUT2D eigenvalue weighted by Gasteiger charge is -2.31. The van der Waals surface area contributed by atoms with E-state index in [0.29, 0.717) is 11.1 Å². The summed E-state index contributed by atoms with van der Waals surface area (Å²) in [5.41, 5.74) is -1.06. The van der Waals surface area contributed by atoms with Crippen molar-refractivity contribution in [2.45, 2.75) is 34.9 Å². The fourth-order valence-electron chi connectivity index (χ4n) is 3.10. The number of sulfonamides is 2. The lowest BCUT2D eigenvalue weighted by atomic mass is 10.1. The highest BCUT2D eigenvalue weighted by atomic mass is 35.5. The van der Waals surface area contributed by atoms with Crippen LogP contribution in [0.3, 0.4) is 0 Å². The summed E-state index contributed by atoms with van der Waals surface area (Å²) in [5.74, 6) is 0. The van der Waals surface area contributed by atoms with Gasteiger partial charge in [0.1, 0.15) is 0 Å². The number of rotatable bonds is 5. The second-order valence-electron chi connectivity index (χ2n) is 6.78. The van der Waals surface area contributed by atoms with Gasteiger partial charge in [0.25, 0.3) is 0 Å². The van der Waals surface area contributed by atoms with Gasteiger partial charge < -0.3 is 0 Å². The average Bonchev–Trinajstić information content (AvgIpc) is 2.68. The molecule has 0 saturated carbocycles. The maximum atomic E-state index is 12.8. The SMILES string of the molecule is O=S(=O)(NC1CCN(S(=O)(=O)c2ccc(Cl)cc2)CC1)c1cccc(C(F)(F)F)c1. The van der Waals surface area contributed by atoms with Crippen molar-refractivity contribution in [3.8, 4) is 0 Å². The van der Waals surface area contributed by atoms with Crippen LogP contribution < -0.4 is 4.72 Å². The van der Waals surface area contributed by atoms with Gasteiger partial charge in [0.2, 0.25) is 20.0 Å². The Morgan fingerprint density at radius 1 is 0.933 bits per heavy atom. The third kappa shape index (κ3) is 5.14. The van der Waals surface area contributed by atoms with Crippen LogP contribution >= 0.6 is 11.6 Å². The van der Waals surface area contributed by atoms with Gasteiger partial charge in [0, 0.05) is 24.2 Å². The molecule has 1 fully saturated rings. The number of piperidine rings is 1. The quantitative estimate of drug-likeness (QED) is 0.707. The molecule has 0 spiro atoms. The Labute approximate surface area is 177 Å². The van der Waals surface area contributed by atoms with E-state index in [1.807, 2.05) is 0 Å². The van der Waals surface area contributed by atoms with E-state index in [2.05, 4.69) is 4.72 Å². The molecule has 2 aromatic carbocycles. The minimum atomic E-state index is -4.66. The molecule has 0 aliphatic carbocycles. The van der Waals surface area contributed by atoms with E-state index in [-0.39, 0.29) is 30.8 Å². The molecule has 1 aliphatic heterocycles. The standard InChI is InChI=1S/C18H18ClF3N2O4S2/c19-14-4-6-16(7-5-14)30(27,28)24-10-8-15(9-11-24)23-29(25,26)17-3-1-2-13(12-17)18(20,21)22/h1-7,12,15,23H,8-11H2. The first kappa shape index (κ1) is 23.0. The Morgan fingerprint density at radius 3 is 2.10 bits per heavy atom. The highest BCUT2D eigenvalue weighted by Gasteiger charge is 2.34. The molecule has 6 nitrogen and oxygen atoms in total. The third-order valence-electron chi connectivity index (χ3n) is 4.70. The van der Waals surface area contributed by atoms with Crippen LogP contribution in [0.5, 0.6) is 0 Å². The van der Waals surface area contributed by atoms with Gasteiger partial charge in [-0.25, -0.2) is 21.6 Å². The van der Waals surface area contributed by atoms with E-state index in [0.717, 1.165) is 18.2 Å². The summed E-state index contributed by atoms with van der Waals surface area (Å²) in [4.78, 5) is -0.413. The van der Waals surface area contributed by atoms with Crippen LogP contribution in [0.4, 0.5) is 13.2 Å². The van der Waals surface area contributed by atoms with Crippen LogP contribution in [0.25, 0.3) is 0 Å². The summed E-state index contributed by atoms with van der Waals surface area (Å²) in [5, 5.41) is 0.400. The summed E-state index contributed by atoms with van der Waals surface area (Å²) in [6, 6.07) is 8.58. The van der Waals surface area contributed by atoms with Crippen LogP contribution in [0.1, 0.15) is 18.4 Å². The predicted molar refractivity (Wildman–Crippen MR) is 105 cm³/mol. The molecule has 1 heterocycles. The number of nitrogens with zero attached hydrogens (tertiary/aromatic N) is 1. The molecular formula is C18H18ClF3N2O4S2. The van der Waals surface area contributed by atoms with Gasteiger partial charge in [-0.15, -0.1) is 0 Å². The zero-order chi connectivity index (χ0) is 22.2. The Hall–Kier alpha value is -1.66. The highest BCUT2D eigenvalue weighted by Crippen LogP contribution is 2.30. The number of halogens is 4. The Balaban J connectivity index is 1.68. The summed E-state index contributed by atoms with van der Waals surface area (Å²) < 4.78 is 92.5. The normalized spacial score (nSPS) is 17.2. The van der Waals surface area contributed by atoms with Crippen molar-refractivity contribution in [1.29, 1.82) is 0 Å². The first-order valence-electron chi connectivity index (χ1n) is 8.85. The molecule has 0 atom stereocenters. The minimum Gasteiger partial charge on any atom is -0.208 e. The van der Waals surface area contributed by atoms with E-state index in [4.69, 9.17) is 11.6 Å². The van der Waals surface area contributed by atoms with Crippen molar-refractivity contribution in [3.63, 3.8) is 0 Å². The molecule has 0 unspecified atom stereocenters. The van der Waals surface area contributed by atoms with Gasteiger partial charge in [0.15, 0.2) is 0 Å². The molecule has 0 radical (unpaired) electrons. The van der Waals surface area contributed by atoms with E-state index in [1.165, 1.54) is 28.6 Å². The highest BCUT2D eigenvalue weighted by molar-refractivity contribution is 7.89. The molecule has 3 rings (SSSR count). The Bertz CT molecular complexity index is 1110. The van der Waals surface area contributed by atoms with Crippen LogP contribution in [0.15, 0.2) is 58.3 Å². The maximum absolute atomic E-state index is 12.8. The lowest BCUT2D eigenvalue weighted by molar-refractivity contribution is -0.137. The second kappa shape index (κ2) is 8.46. The summed E-state index contributed by atoms with van der Waals surface area (Å²) in [7, 11) is -7.93. The summed E-state index contributed by atoms with van der Waals surface area (Å²) >= 11 is 5.78. The number of hydrogen-bond donors (Lipinski definition) is 1. The number of hydrogen-bond acceptors (Lipinski definition) is 4.